The molecule has 2 aromatic carbocycles. The largest absolute Gasteiger partial charge is 0.478 e. The Morgan fingerprint density at radius 3 is 2.50 bits per heavy atom. The van der Waals surface area contributed by atoms with Gasteiger partial charge in [0.05, 0.1) is 40.5 Å². The lowest BCUT2D eigenvalue weighted by molar-refractivity contribution is 0.0698. The predicted octanol–water partition coefficient (Wildman–Crippen LogP) is 3.55. The number of nitrogens with zero attached hydrogens (tertiary/aromatic N) is 1. The molecule has 0 bridgehead atoms. The molecular formula is C20H16N2O5S. The predicted molar refractivity (Wildman–Crippen MR) is 103 cm³/mol. The summed E-state index contributed by atoms with van der Waals surface area (Å²) in [5.41, 5.74) is 1.41. The molecule has 0 spiro atoms. The highest BCUT2D eigenvalue weighted by atomic mass is 32.2. The summed E-state index contributed by atoms with van der Waals surface area (Å²) in [5, 5.41) is 21.2. The van der Waals surface area contributed by atoms with Crippen molar-refractivity contribution in [3.05, 3.63) is 72.2 Å². The van der Waals surface area contributed by atoms with E-state index in [-0.39, 0.29) is 28.4 Å². The van der Waals surface area contributed by atoms with Crippen molar-refractivity contribution >= 4 is 21.5 Å². The number of nitrogens with one attached hydrogen (secondary N) is 1. The molecule has 28 heavy (non-hydrogen) atoms. The molecule has 0 aliphatic carbocycles. The highest BCUT2D eigenvalue weighted by Crippen LogP contribution is 2.36. The zero-order valence-corrected chi connectivity index (χ0v) is 15.4. The van der Waals surface area contributed by atoms with Crippen molar-refractivity contribution in [2.45, 2.75) is 10.6 Å². The van der Waals surface area contributed by atoms with Gasteiger partial charge in [0.1, 0.15) is 6.54 Å². The molecule has 3 rings (SSSR count). The summed E-state index contributed by atoms with van der Waals surface area (Å²) in [4.78, 5) is 11.8. The first-order valence-corrected chi connectivity index (χ1v) is 9.89. The average molecular weight is 396 g/mol. The third-order valence-corrected chi connectivity index (χ3v) is 5.81. The van der Waals surface area contributed by atoms with Crippen molar-refractivity contribution in [2.24, 2.45) is 0 Å². The number of carboxylic acids is 1. The highest BCUT2D eigenvalue weighted by Gasteiger charge is 2.23. The first-order chi connectivity index (χ1) is 13.4. The number of carboxylic acid groups (broad SMARTS) is 1. The molecule has 8 heteroatoms. The highest BCUT2D eigenvalue weighted by molar-refractivity contribution is 7.90. The standard InChI is InChI=1S/C20H16N2O5S/c21-9-10-22-19-17(20(23)24)7-6-15(18(19)14-8-11-27-12-14)13-28(25,26)16-4-2-1-3-5-16/h1-8,11-12,22H,10,13H2,(H,23,24). The molecule has 0 saturated heterocycles. The molecule has 0 fully saturated rings. The number of hydrogen-bond acceptors (Lipinski definition) is 6. The topological polar surface area (TPSA) is 120 Å². The number of sulfone groups is 1. The fourth-order valence-electron chi connectivity index (χ4n) is 2.91. The van der Waals surface area contributed by atoms with Crippen molar-refractivity contribution in [2.75, 3.05) is 11.9 Å². The maximum absolute atomic E-state index is 12.9. The third kappa shape index (κ3) is 3.89. The molecule has 0 aliphatic heterocycles. The summed E-state index contributed by atoms with van der Waals surface area (Å²) >= 11 is 0. The minimum atomic E-state index is -3.67. The van der Waals surface area contributed by atoms with Gasteiger partial charge in [-0.2, -0.15) is 5.26 Å². The van der Waals surface area contributed by atoms with Gasteiger partial charge in [-0.25, -0.2) is 13.2 Å². The van der Waals surface area contributed by atoms with Gasteiger partial charge < -0.3 is 14.8 Å². The summed E-state index contributed by atoms with van der Waals surface area (Å²) in [6.45, 7) is -0.139. The van der Waals surface area contributed by atoms with E-state index in [1.165, 1.54) is 36.8 Å². The van der Waals surface area contributed by atoms with Crippen LogP contribution in [0.3, 0.4) is 0 Å². The molecule has 0 aliphatic rings. The van der Waals surface area contributed by atoms with Crippen LogP contribution < -0.4 is 5.32 Å². The molecule has 3 aromatic rings. The van der Waals surface area contributed by atoms with Crippen LogP contribution in [0.5, 0.6) is 0 Å². The van der Waals surface area contributed by atoms with E-state index in [2.05, 4.69) is 5.32 Å². The molecule has 0 amide bonds. The summed E-state index contributed by atoms with van der Waals surface area (Å²) in [6, 6.07) is 14.3. The van der Waals surface area contributed by atoms with Crippen LogP contribution in [0.15, 0.2) is 70.4 Å². The summed E-state index contributed by atoms with van der Waals surface area (Å²) in [7, 11) is -3.67. The Bertz CT molecular complexity index is 1130. The normalized spacial score (nSPS) is 11.0. The molecule has 0 unspecified atom stereocenters. The fourth-order valence-corrected chi connectivity index (χ4v) is 4.30. The lowest BCUT2D eigenvalue weighted by Crippen LogP contribution is -2.12. The van der Waals surface area contributed by atoms with Crippen LogP contribution in [0, 0.1) is 11.3 Å². The zero-order chi connectivity index (χ0) is 20.1. The second-order valence-corrected chi connectivity index (χ2v) is 7.91. The van der Waals surface area contributed by atoms with Crippen molar-refractivity contribution in [3.8, 4) is 17.2 Å². The maximum atomic E-state index is 12.9. The lowest BCUT2D eigenvalue weighted by Gasteiger charge is -2.17. The van der Waals surface area contributed by atoms with Crippen LogP contribution in [-0.2, 0) is 15.6 Å². The third-order valence-electron chi connectivity index (χ3n) is 4.12. The van der Waals surface area contributed by atoms with Gasteiger partial charge in [-0.15, -0.1) is 0 Å². The van der Waals surface area contributed by atoms with E-state index in [4.69, 9.17) is 9.68 Å². The van der Waals surface area contributed by atoms with Crippen LogP contribution >= 0.6 is 0 Å². The summed E-state index contributed by atoms with van der Waals surface area (Å²) < 4.78 is 30.8. The number of furan rings is 1. The van der Waals surface area contributed by atoms with E-state index >= 15 is 0 Å². The first-order valence-electron chi connectivity index (χ1n) is 8.24. The number of anilines is 1. The number of carbonyl (C=O) groups is 1. The Hall–Kier alpha value is -3.57. The minimum absolute atomic E-state index is 0.0627. The van der Waals surface area contributed by atoms with E-state index in [0.717, 1.165) is 0 Å². The molecule has 0 saturated carbocycles. The molecule has 1 aromatic heterocycles. The smallest absolute Gasteiger partial charge is 0.337 e. The number of benzene rings is 2. The van der Waals surface area contributed by atoms with Gasteiger partial charge in [0.15, 0.2) is 9.84 Å². The summed E-state index contributed by atoms with van der Waals surface area (Å²) in [6.07, 6.45) is 2.81. The van der Waals surface area contributed by atoms with Crippen molar-refractivity contribution in [3.63, 3.8) is 0 Å². The molecule has 2 N–H and O–H groups in total. The van der Waals surface area contributed by atoms with Crippen LogP contribution in [0.2, 0.25) is 0 Å². The van der Waals surface area contributed by atoms with E-state index in [1.54, 1.807) is 24.3 Å². The van der Waals surface area contributed by atoms with Gasteiger partial charge in [0.25, 0.3) is 0 Å². The number of aromatic carboxylic acids is 1. The quantitative estimate of drug-likeness (QED) is 0.586. The Balaban J connectivity index is 2.19. The van der Waals surface area contributed by atoms with E-state index < -0.39 is 15.8 Å². The van der Waals surface area contributed by atoms with Crippen LogP contribution in [0.25, 0.3) is 11.1 Å². The zero-order valence-electron chi connectivity index (χ0n) is 14.6. The first kappa shape index (κ1) is 19.2. The monoisotopic (exact) mass is 396 g/mol. The van der Waals surface area contributed by atoms with Crippen molar-refractivity contribution < 1.29 is 22.7 Å². The lowest BCUT2D eigenvalue weighted by atomic mass is 9.96. The summed E-state index contributed by atoms with van der Waals surface area (Å²) in [5.74, 6) is -1.53. The van der Waals surface area contributed by atoms with Gasteiger partial charge in [0.2, 0.25) is 0 Å². The number of rotatable bonds is 7. The number of nitriles is 1. The van der Waals surface area contributed by atoms with Crippen molar-refractivity contribution in [1.82, 2.24) is 0 Å². The van der Waals surface area contributed by atoms with Gasteiger partial charge in [0, 0.05) is 11.1 Å². The fraction of sp³-hybridized carbons (Fsp3) is 0.100. The molecule has 0 radical (unpaired) electrons. The van der Waals surface area contributed by atoms with E-state index in [0.29, 0.717) is 16.7 Å². The second-order valence-electron chi connectivity index (χ2n) is 5.92. The van der Waals surface area contributed by atoms with Gasteiger partial charge in [-0.05, 0) is 29.8 Å². The van der Waals surface area contributed by atoms with Crippen molar-refractivity contribution in [1.29, 1.82) is 5.26 Å². The molecule has 7 nitrogen and oxygen atoms in total. The van der Waals surface area contributed by atoms with E-state index in [1.807, 2.05) is 6.07 Å². The Kier molecular flexibility index (Phi) is 5.47. The molecular weight excluding hydrogens is 380 g/mol. The van der Waals surface area contributed by atoms with Crippen LogP contribution in [0.1, 0.15) is 15.9 Å². The number of hydrogen-bond donors (Lipinski definition) is 2. The molecule has 0 atom stereocenters. The maximum Gasteiger partial charge on any atom is 0.337 e. The van der Waals surface area contributed by atoms with E-state index in [9.17, 15) is 18.3 Å². The van der Waals surface area contributed by atoms with Crippen LogP contribution in [0.4, 0.5) is 5.69 Å². The Morgan fingerprint density at radius 2 is 1.89 bits per heavy atom. The Labute approximate surface area is 161 Å². The molecule has 142 valence electrons. The second kappa shape index (κ2) is 7.98. The van der Waals surface area contributed by atoms with Gasteiger partial charge in [-0.1, -0.05) is 24.3 Å². The van der Waals surface area contributed by atoms with Gasteiger partial charge in [-0.3, -0.25) is 0 Å². The SMILES string of the molecule is N#CCNc1c(C(=O)O)ccc(CS(=O)(=O)c2ccccc2)c1-c1ccoc1. The average Bonchev–Trinajstić information content (AvgIpc) is 3.20. The Morgan fingerprint density at radius 1 is 1.14 bits per heavy atom. The van der Waals surface area contributed by atoms with Gasteiger partial charge >= 0.3 is 5.97 Å². The van der Waals surface area contributed by atoms with Crippen LogP contribution in [-0.4, -0.2) is 26.0 Å². The minimum Gasteiger partial charge on any atom is -0.478 e. The molecule has 1 heterocycles.